The lowest BCUT2D eigenvalue weighted by molar-refractivity contribution is 0.0601. The van der Waals surface area contributed by atoms with Crippen molar-refractivity contribution in [1.29, 1.82) is 0 Å². The van der Waals surface area contributed by atoms with Crippen LogP contribution in [0.25, 0.3) is 0 Å². The number of carbonyl (C=O) groups excluding carboxylic acids is 1. The third-order valence-corrected chi connectivity index (χ3v) is 4.15. The van der Waals surface area contributed by atoms with E-state index in [1.54, 1.807) is 18.5 Å². The average Bonchev–Trinajstić information content (AvgIpc) is 2.62. The van der Waals surface area contributed by atoms with Crippen molar-refractivity contribution < 1.29 is 9.53 Å². The van der Waals surface area contributed by atoms with E-state index in [0.717, 1.165) is 37.8 Å². The molecule has 0 amide bonds. The Kier molecular flexibility index (Phi) is 4.62. The van der Waals surface area contributed by atoms with Gasteiger partial charge in [0.05, 0.1) is 17.7 Å². The summed E-state index contributed by atoms with van der Waals surface area (Å²) in [5.41, 5.74) is 1.38. The zero-order chi connectivity index (χ0) is 16.2. The Labute approximate surface area is 139 Å². The smallest absolute Gasteiger partial charge is 0.339 e. The molecule has 0 spiro atoms. The minimum Gasteiger partial charge on any atom is -0.465 e. The summed E-state index contributed by atoms with van der Waals surface area (Å²) in [5.74, 6) is 0.332. The van der Waals surface area contributed by atoms with Gasteiger partial charge in [0.1, 0.15) is 0 Å². The number of esters is 1. The predicted molar refractivity (Wildman–Crippen MR) is 89.2 cm³/mol. The van der Waals surface area contributed by atoms with E-state index in [1.807, 2.05) is 18.2 Å². The van der Waals surface area contributed by atoms with E-state index in [2.05, 4.69) is 19.8 Å². The van der Waals surface area contributed by atoms with Gasteiger partial charge in [-0.2, -0.15) is 0 Å². The Morgan fingerprint density at radius 3 is 2.39 bits per heavy atom. The molecule has 120 valence electrons. The van der Waals surface area contributed by atoms with Gasteiger partial charge in [0.2, 0.25) is 5.95 Å². The Bertz CT molecular complexity index is 688. The summed E-state index contributed by atoms with van der Waals surface area (Å²) in [6, 6.07) is 7.22. The fourth-order valence-corrected chi connectivity index (χ4v) is 2.85. The first-order chi connectivity index (χ1) is 11.2. The molecule has 1 aliphatic rings. The molecule has 1 saturated heterocycles. The normalized spacial score (nSPS) is 14.7. The molecule has 0 atom stereocenters. The van der Waals surface area contributed by atoms with Gasteiger partial charge in [0, 0.05) is 44.3 Å². The molecule has 0 saturated carbocycles. The van der Waals surface area contributed by atoms with Gasteiger partial charge in [-0.25, -0.2) is 14.8 Å². The van der Waals surface area contributed by atoms with E-state index < -0.39 is 5.97 Å². The number of ether oxygens (including phenoxy) is 1. The second-order valence-corrected chi connectivity index (χ2v) is 5.59. The number of nitrogens with zero attached hydrogens (tertiary/aromatic N) is 4. The zero-order valence-corrected chi connectivity index (χ0v) is 13.5. The summed E-state index contributed by atoms with van der Waals surface area (Å²) in [6.07, 6.45) is 3.50. The summed E-state index contributed by atoms with van der Waals surface area (Å²) in [7, 11) is 1.34. The summed E-state index contributed by atoms with van der Waals surface area (Å²) in [4.78, 5) is 24.5. The molecule has 0 N–H and O–H groups in total. The van der Waals surface area contributed by atoms with E-state index in [1.165, 1.54) is 7.11 Å². The molecule has 1 aromatic carbocycles. The number of carbonyl (C=O) groups is 1. The number of hydrogen-bond acceptors (Lipinski definition) is 6. The summed E-state index contributed by atoms with van der Waals surface area (Å²) < 4.78 is 4.71. The highest BCUT2D eigenvalue weighted by atomic mass is 35.5. The molecule has 0 radical (unpaired) electrons. The minimum absolute atomic E-state index is 0.384. The molecule has 7 heteroatoms. The number of rotatable bonds is 3. The maximum atomic E-state index is 11.6. The van der Waals surface area contributed by atoms with E-state index in [4.69, 9.17) is 16.3 Å². The van der Waals surface area contributed by atoms with Crippen LogP contribution in [-0.4, -0.2) is 49.2 Å². The highest BCUT2D eigenvalue weighted by Gasteiger charge is 2.20. The molecule has 0 aliphatic carbocycles. The lowest BCUT2D eigenvalue weighted by Gasteiger charge is -2.36. The molecule has 1 aliphatic heterocycles. The molecule has 23 heavy (non-hydrogen) atoms. The second-order valence-electron chi connectivity index (χ2n) is 5.18. The molecular formula is C16H17ClN4O2. The van der Waals surface area contributed by atoms with Crippen LogP contribution in [0.15, 0.2) is 36.7 Å². The summed E-state index contributed by atoms with van der Waals surface area (Å²) in [5, 5.41) is 0.406. The van der Waals surface area contributed by atoms with Gasteiger partial charge in [-0.1, -0.05) is 11.6 Å². The largest absolute Gasteiger partial charge is 0.465 e. The molecule has 2 aromatic rings. The van der Waals surface area contributed by atoms with Crippen molar-refractivity contribution in [3.05, 3.63) is 47.2 Å². The lowest BCUT2D eigenvalue weighted by atomic mass is 10.1. The van der Waals surface area contributed by atoms with E-state index in [-0.39, 0.29) is 0 Å². The van der Waals surface area contributed by atoms with Crippen LogP contribution in [0.5, 0.6) is 0 Å². The Morgan fingerprint density at radius 2 is 1.78 bits per heavy atom. The van der Waals surface area contributed by atoms with Crippen LogP contribution in [-0.2, 0) is 4.74 Å². The minimum atomic E-state index is -0.424. The monoisotopic (exact) mass is 332 g/mol. The Hall–Kier alpha value is -2.34. The van der Waals surface area contributed by atoms with Crippen molar-refractivity contribution in [2.24, 2.45) is 0 Å². The number of aromatic nitrogens is 2. The van der Waals surface area contributed by atoms with Crippen LogP contribution < -0.4 is 9.80 Å². The third-order valence-electron chi connectivity index (χ3n) is 3.84. The molecule has 0 bridgehead atoms. The highest BCUT2D eigenvalue weighted by Crippen LogP contribution is 2.25. The summed E-state index contributed by atoms with van der Waals surface area (Å²) >= 11 is 6.19. The number of piperazine rings is 1. The fraction of sp³-hybridized carbons (Fsp3) is 0.312. The van der Waals surface area contributed by atoms with Crippen LogP contribution >= 0.6 is 11.6 Å². The van der Waals surface area contributed by atoms with Gasteiger partial charge < -0.3 is 14.5 Å². The SMILES string of the molecule is COC(=O)c1ccc(N2CCN(c3ncccn3)CC2)cc1Cl. The highest BCUT2D eigenvalue weighted by molar-refractivity contribution is 6.33. The van der Waals surface area contributed by atoms with Crippen LogP contribution in [0.4, 0.5) is 11.6 Å². The molecular weight excluding hydrogens is 316 g/mol. The van der Waals surface area contributed by atoms with Crippen LogP contribution in [0.3, 0.4) is 0 Å². The zero-order valence-electron chi connectivity index (χ0n) is 12.8. The predicted octanol–water partition coefficient (Wildman–Crippen LogP) is 2.24. The maximum absolute atomic E-state index is 11.6. The third kappa shape index (κ3) is 3.37. The lowest BCUT2D eigenvalue weighted by Crippen LogP contribution is -2.47. The molecule has 6 nitrogen and oxygen atoms in total. The molecule has 2 heterocycles. The van der Waals surface area contributed by atoms with E-state index >= 15 is 0 Å². The Balaban J connectivity index is 1.68. The van der Waals surface area contributed by atoms with Gasteiger partial charge in [0.25, 0.3) is 0 Å². The van der Waals surface area contributed by atoms with Crippen molar-refractivity contribution >= 4 is 29.2 Å². The average molecular weight is 333 g/mol. The van der Waals surface area contributed by atoms with E-state index in [9.17, 15) is 4.79 Å². The van der Waals surface area contributed by atoms with Crippen LogP contribution in [0.1, 0.15) is 10.4 Å². The first-order valence-corrected chi connectivity index (χ1v) is 7.71. The van der Waals surface area contributed by atoms with Crippen molar-refractivity contribution in [3.63, 3.8) is 0 Å². The van der Waals surface area contributed by atoms with Gasteiger partial charge >= 0.3 is 5.97 Å². The number of halogens is 1. The fourth-order valence-electron chi connectivity index (χ4n) is 2.60. The summed E-state index contributed by atoms with van der Waals surface area (Å²) in [6.45, 7) is 3.35. The topological polar surface area (TPSA) is 58.6 Å². The number of anilines is 2. The van der Waals surface area contributed by atoms with Crippen LogP contribution in [0.2, 0.25) is 5.02 Å². The van der Waals surface area contributed by atoms with Crippen molar-refractivity contribution in [2.45, 2.75) is 0 Å². The molecule has 0 unspecified atom stereocenters. The number of methoxy groups -OCH3 is 1. The van der Waals surface area contributed by atoms with Gasteiger partial charge in [-0.3, -0.25) is 0 Å². The maximum Gasteiger partial charge on any atom is 0.339 e. The number of hydrogen-bond donors (Lipinski definition) is 0. The quantitative estimate of drug-likeness (QED) is 0.803. The second kappa shape index (κ2) is 6.83. The van der Waals surface area contributed by atoms with Gasteiger partial charge in [-0.15, -0.1) is 0 Å². The molecule has 3 rings (SSSR count). The van der Waals surface area contributed by atoms with Crippen molar-refractivity contribution in [2.75, 3.05) is 43.1 Å². The first kappa shape index (κ1) is 15.6. The Morgan fingerprint density at radius 1 is 1.13 bits per heavy atom. The molecule has 1 aromatic heterocycles. The van der Waals surface area contributed by atoms with Gasteiger partial charge in [-0.05, 0) is 24.3 Å². The van der Waals surface area contributed by atoms with Crippen molar-refractivity contribution in [3.8, 4) is 0 Å². The van der Waals surface area contributed by atoms with Gasteiger partial charge in [0.15, 0.2) is 0 Å². The molecule has 1 fully saturated rings. The first-order valence-electron chi connectivity index (χ1n) is 7.34. The van der Waals surface area contributed by atoms with E-state index in [0.29, 0.717) is 10.6 Å². The standard InChI is InChI=1S/C16H17ClN4O2/c1-23-15(22)13-4-3-12(11-14(13)17)20-7-9-21(10-8-20)16-18-5-2-6-19-16/h2-6,11H,7-10H2,1H3. The van der Waals surface area contributed by atoms with Crippen LogP contribution in [0, 0.1) is 0 Å². The number of benzene rings is 1. The van der Waals surface area contributed by atoms with Crippen molar-refractivity contribution in [1.82, 2.24) is 9.97 Å².